The van der Waals surface area contributed by atoms with Crippen LogP contribution in [0.5, 0.6) is 0 Å². The summed E-state index contributed by atoms with van der Waals surface area (Å²) in [5, 5.41) is 4.21. The van der Waals surface area contributed by atoms with E-state index < -0.39 is 0 Å². The van der Waals surface area contributed by atoms with E-state index in [-0.39, 0.29) is 5.91 Å². The summed E-state index contributed by atoms with van der Waals surface area (Å²) in [6.07, 6.45) is 8.42. The van der Waals surface area contributed by atoms with Crippen molar-refractivity contribution in [2.24, 2.45) is 11.8 Å². The van der Waals surface area contributed by atoms with Gasteiger partial charge in [0, 0.05) is 25.7 Å². The first-order valence-corrected chi connectivity index (χ1v) is 9.77. The van der Waals surface area contributed by atoms with E-state index in [4.69, 9.17) is 0 Å². The van der Waals surface area contributed by atoms with E-state index in [1.165, 1.54) is 38.6 Å². The number of amides is 1. The van der Waals surface area contributed by atoms with Crippen molar-refractivity contribution in [2.75, 3.05) is 26.2 Å². The number of carbonyl (C=O) groups is 1. The van der Waals surface area contributed by atoms with Crippen LogP contribution in [-0.2, 0) is 0 Å². The monoisotopic (exact) mass is 351 g/mol. The fourth-order valence-electron chi connectivity index (χ4n) is 5.29. The predicted molar refractivity (Wildman–Crippen MR) is 98.1 cm³/mol. The number of benzene rings is 1. The molecule has 0 spiro atoms. The fraction of sp³-hybridized carbons (Fsp3) is 0.550. The molecule has 3 fully saturated rings. The van der Waals surface area contributed by atoms with Gasteiger partial charge in [0.2, 0.25) is 0 Å². The van der Waals surface area contributed by atoms with Crippen LogP contribution in [0.25, 0.3) is 5.69 Å². The molecule has 1 amide bonds. The molecular weight excluding hydrogens is 326 g/mol. The van der Waals surface area contributed by atoms with Crippen molar-refractivity contribution in [3.63, 3.8) is 0 Å². The highest BCUT2D eigenvalue weighted by Gasteiger charge is 2.42. The molecule has 5 rings (SSSR count). The molecule has 3 aliphatic rings. The Hall–Kier alpha value is -2.21. The van der Waals surface area contributed by atoms with Crippen molar-refractivity contribution in [3.05, 3.63) is 42.5 Å². The second-order valence-corrected chi connectivity index (χ2v) is 7.99. The van der Waals surface area contributed by atoms with Gasteiger partial charge in [-0.1, -0.05) is 18.6 Å². The lowest BCUT2D eigenvalue weighted by Gasteiger charge is -2.52. The number of hydrogen-bond acceptors (Lipinski definition) is 4. The topological polar surface area (TPSA) is 54.3 Å². The maximum atomic E-state index is 13.4. The van der Waals surface area contributed by atoms with Crippen molar-refractivity contribution in [2.45, 2.75) is 31.7 Å². The fourth-order valence-corrected chi connectivity index (χ4v) is 5.29. The van der Waals surface area contributed by atoms with E-state index in [1.54, 1.807) is 11.0 Å². The highest BCUT2D eigenvalue weighted by atomic mass is 16.2. The van der Waals surface area contributed by atoms with Gasteiger partial charge in [-0.2, -0.15) is 5.10 Å². The summed E-state index contributed by atoms with van der Waals surface area (Å²) >= 11 is 0. The summed E-state index contributed by atoms with van der Waals surface area (Å²) in [6, 6.07) is 8.41. The molecule has 0 saturated carbocycles. The molecule has 3 atom stereocenters. The minimum atomic E-state index is 0.134. The molecule has 3 saturated heterocycles. The van der Waals surface area contributed by atoms with Crippen LogP contribution >= 0.6 is 0 Å². The van der Waals surface area contributed by atoms with Crippen molar-refractivity contribution < 1.29 is 4.79 Å². The lowest BCUT2D eigenvalue weighted by atomic mass is 9.76. The summed E-state index contributed by atoms with van der Waals surface area (Å²) in [7, 11) is 0. The van der Waals surface area contributed by atoms with Gasteiger partial charge in [0.25, 0.3) is 5.91 Å². The third-order valence-corrected chi connectivity index (χ3v) is 6.36. The molecule has 0 N–H and O–H groups in total. The Morgan fingerprint density at radius 1 is 1.12 bits per heavy atom. The van der Waals surface area contributed by atoms with E-state index in [9.17, 15) is 4.79 Å². The molecule has 1 aromatic carbocycles. The molecule has 2 bridgehead atoms. The van der Waals surface area contributed by atoms with E-state index in [0.29, 0.717) is 17.9 Å². The molecule has 26 heavy (non-hydrogen) atoms. The molecule has 6 heteroatoms. The quantitative estimate of drug-likeness (QED) is 0.832. The van der Waals surface area contributed by atoms with Crippen LogP contribution in [0.4, 0.5) is 0 Å². The van der Waals surface area contributed by atoms with Gasteiger partial charge >= 0.3 is 0 Å². The van der Waals surface area contributed by atoms with Gasteiger partial charge in [0.1, 0.15) is 12.7 Å². The van der Waals surface area contributed by atoms with Gasteiger partial charge in [-0.05, 0) is 49.8 Å². The predicted octanol–water partition coefficient (Wildman–Crippen LogP) is 2.21. The van der Waals surface area contributed by atoms with Crippen molar-refractivity contribution >= 4 is 5.91 Å². The normalized spacial score (nSPS) is 28.6. The molecule has 6 nitrogen and oxygen atoms in total. The smallest absolute Gasteiger partial charge is 0.256 e. The van der Waals surface area contributed by atoms with Gasteiger partial charge in [-0.3, -0.25) is 9.69 Å². The molecule has 136 valence electrons. The van der Waals surface area contributed by atoms with Crippen LogP contribution in [-0.4, -0.2) is 62.7 Å². The molecule has 1 aromatic heterocycles. The maximum absolute atomic E-state index is 13.4. The van der Waals surface area contributed by atoms with Crippen LogP contribution in [0, 0.1) is 11.8 Å². The first kappa shape index (κ1) is 16.0. The second kappa shape index (κ2) is 6.50. The minimum Gasteiger partial charge on any atom is -0.338 e. The van der Waals surface area contributed by atoms with E-state index in [0.717, 1.165) is 30.9 Å². The van der Waals surface area contributed by atoms with E-state index in [1.807, 2.05) is 24.3 Å². The summed E-state index contributed by atoms with van der Waals surface area (Å²) in [5.41, 5.74) is 1.53. The lowest BCUT2D eigenvalue weighted by Crippen LogP contribution is -2.59. The van der Waals surface area contributed by atoms with Gasteiger partial charge in [0.05, 0.1) is 11.3 Å². The zero-order valence-corrected chi connectivity index (χ0v) is 15.0. The number of nitrogens with zero attached hydrogens (tertiary/aromatic N) is 5. The Morgan fingerprint density at radius 3 is 2.92 bits per heavy atom. The van der Waals surface area contributed by atoms with Gasteiger partial charge in [-0.15, -0.1) is 0 Å². The zero-order chi connectivity index (χ0) is 17.5. The Kier molecular flexibility index (Phi) is 4.00. The molecule has 0 aliphatic carbocycles. The number of rotatable bonds is 2. The van der Waals surface area contributed by atoms with Crippen molar-refractivity contribution in [1.29, 1.82) is 0 Å². The van der Waals surface area contributed by atoms with E-state index in [2.05, 4.69) is 19.9 Å². The summed E-state index contributed by atoms with van der Waals surface area (Å²) in [4.78, 5) is 22.2. The molecule has 0 radical (unpaired) electrons. The standard InChI is InChI=1S/C20H25N5O/c26-20(17-5-1-2-7-19(17)25-14-21-13-22-25)24-11-15-9-16(12-24)18-6-3-4-8-23(18)10-15/h1-2,5,7,13-16,18H,3-4,6,8-12H2/t15-,16-,18+/m1/s1. The lowest BCUT2D eigenvalue weighted by molar-refractivity contribution is -0.0243. The number of hydrogen-bond donors (Lipinski definition) is 0. The molecular formula is C20H25N5O. The Morgan fingerprint density at radius 2 is 2.04 bits per heavy atom. The van der Waals surface area contributed by atoms with Crippen LogP contribution in [0.1, 0.15) is 36.0 Å². The van der Waals surface area contributed by atoms with Crippen molar-refractivity contribution in [1.82, 2.24) is 24.6 Å². The summed E-state index contributed by atoms with van der Waals surface area (Å²) in [6.45, 7) is 4.18. The summed E-state index contributed by atoms with van der Waals surface area (Å²) < 4.78 is 1.68. The average Bonchev–Trinajstić information content (AvgIpc) is 3.22. The largest absolute Gasteiger partial charge is 0.338 e. The van der Waals surface area contributed by atoms with Crippen LogP contribution in [0.15, 0.2) is 36.9 Å². The molecule has 2 aromatic rings. The summed E-state index contributed by atoms with van der Waals surface area (Å²) in [5.74, 6) is 1.38. The second-order valence-electron chi connectivity index (χ2n) is 7.99. The number of piperidine rings is 3. The Labute approximate surface area is 153 Å². The number of fused-ring (bicyclic) bond motifs is 4. The number of para-hydroxylation sites is 1. The van der Waals surface area contributed by atoms with Crippen LogP contribution in [0.3, 0.4) is 0 Å². The number of likely N-dealkylation sites (tertiary alicyclic amines) is 1. The Balaban J connectivity index is 1.41. The molecule has 4 heterocycles. The maximum Gasteiger partial charge on any atom is 0.256 e. The Bertz CT molecular complexity index is 789. The highest BCUT2D eigenvalue weighted by molar-refractivity contribution is 5.97. The van der Waals surface area contributed by atoms with E-state index >= 15 is 0 Å². The van der Waals surface area contributed by atoms with Crippen molar-refractivity contribution in [3.8, 4) is 5.69 Å². The van der Waals surface area contributed by atoms with Gasteiger partial charge < -0.3 is 4.90 Å². The highest BCUT2D eigenvalue weighted by Crippen LogP contribution is 2.38. The SMILES string of the molecule is O=C(c1ccccc1-n1cncn1)N1C[C@@H]2C[C@H](C1)[C@@H]1CCCCN1C2. The third-order valence-electron chi connectivity index (χ3n) is 6.36. The zero-order valence-electron chi connectivity index (χ0n) is 15.0. The minimum absolute atomic E-state index is 0.134. The van der Waals surface area contributed by atoms with Crippen LogP contribution in [0.2, 0.25) is 0 Å². The number of carbonyl (C=O) groups excluding carboxylic acids is 1. The molecule has 0 unspecified atom stereocenters. The van der Waals surface area contributed by atoms with Gasteiger partial charge in [-0.25, -0.2) is 9.67 Å². The average molecular weight is 351 g/mol. The van der Waals surface area contributed by atoms with Crippen LogP contribution < -0.4 is 0 Å². The first-order valence-electron chi connectivity index (χ1n) is 9.77. The molecule has 3 aliphatic heterocycles. The third kappa shape index (κ3) is 2.72. The first-order chi connectivity index (χ1) is 12.8. The number of aromatic nitrogens is 3. The van der Waals surface area contributed by atoms with Gasteiger partial charge in [0.15, 0.2) is 0 Å².